The summed E-state index contributed by atoms with van der Waals surface area (Å²) in [6.45, 7) is -0.159. The zero-order valence-corrected chi connectivity index (χ0v) is 22.5. The van der Waals surface area contributed by atoms with Crippen molar-refractivity contribution >= 4 is 78.5 Å². The van der Waals surface area contributed by atoms with Crippen molar-refractivity contribution in [2.75, 3.05) is 0 Å². The summed E-state index contributed by atoms with van der Waals surface area (Å²) in [5.41, 5.74) is 0.404. The minimum atomic E-state index is -0.647. The van der Waals surface area contributed by atoms with Crippen molar-refractivity contribution in [1.29, 1.82) is 0 Å². The summed E-state index contributed by atoms with van der Waals surface area (Å²) >= 11 is 19.7. The third-order valence-corrected chi connectivity index (χ3v) is 10.9. The Morgan fingerprint density at radius 1 is 1.03 bits per heavy atom. The number of benzene rings is 2. The molecule has 2 aromatic rings. The van der Waals surface area contributed by atoms with Gasteiger partial charge in [0, 0.05) is 37.4 Å². The smallest absolute Gasteiger partial charge is 0.272 e. The van der Waals surface area contributed by atoms with Gasteiger partial charge in [-0.2, -0.15) is 5.01 Å². The van der Waals surface area contributed by atoms with E-state index in [2.05, 4.69) is 31.9 Å². The number of fused-ring (bicyclic) bond motifs is 5. The fraction of sp³-hybridized carbons (Fsp3) is 0.348. The van der Waals surface area contributed by atoms with E-state index >= 15 is 0 Å². The quantitative estimate of drug-likeness (QED) is 0.192. The molecule has 5 rings (SSSR count). The number of nitro groups is 1. The number of carbonyl (C=O) groups excluding carboxylic acids is 3. The molecule has 8 nitrogen and oxygen atoms in total. The Labute approximate surface area is 226 Å². The van der Waals surface area contributed by atoms with E-state index in [-0.39, 0.29) is 44.3 Å². The molecule has 3 amide bonds. The SMILES string of the molecule is O=C(c1ccc([N+](=O)[O-])cc1)N(Cc1ccc(Cl)cc1Cl)N1C(=O)[C@@H]2[C@H]3C[C@@H]([C@H](Br)[C@H]3Br)[C@H]2C1=O. The Morgan fingerprint density at radius 3 is 2.11 bits per heavy atom. The van der Waals surface area contributed by atoms with Crippen LogP contribution in [0.4, 0.5) is 5.69 Å². The van der Waals surface area contributed by atoms with Gasteiger partial charge < -0.3 is 0 Å². The van der Waals surface area contributed by atoms with Crippen LogP contribution in [0.3, 0.4) is 0 Å². The molecule has 2 aromatic carbocycles. The van der Waals surface area contributed by atoms with E-state index in [0.717, 1.165) is 16.4 Å². The Bertz CT molecular complexity index is 1230. The van der Waals surface area contributed by atoms with Gasteiger partial charge in [-0.1, -0.05) is 61.1 Å². The summed E-state index contributed by atoms with van der Waals surface area (Å²) in [4.78, 5) is 51.4. The van der Waals surface area contributed by atoms with Crippen molar-refractivity contribution in [2.24, 2.45) is 23.7 Å². The number of rotatable bonds is 5. The van der Waals surface area contributed by atoms with Gasteiger partial charge in [0.2, 0.25) is 0 Å². The largest absolute Gasteiger partial charge is 0.273 e. The van der Waals surface area contributed by atoms with E-state index in [0.29, 0.717) is 10.6 Å². The molecule has 0 radical (unpaired) electrons. The average molecular weight is 646 g/mol. The van der Waals surface area contributed by atoms with Crippen LogP contribution < -0.4 is 0 Å². The number of hydrazine groups is 1. The lowest BCUT2D eigenvalue weighted by atomic mass is 9.81. The van der Waals surface area contributed by atoms with Gasteiger partial charge in [0.05, 0.1) is 23.3 Å². The van der Waals surface area contributed by atoms with Crippen molar-refractivity contribution in [3.8, 4) is 0 Å². The highest BCUT2D eigenvalue weighted by atomic mass is 79.9. The number of non-ortho nitro benzene ring substituents is 1. The molecule has 35 heavy (non-hydrogen) atoms. The van der Waals surface area contributed by atoms with E-state index in [1.54, 1.807) is 12.1 Å². The van der Waals surface area contributed by atoms with Crippen LogP contribution in [-0.2, 0) is 16.1 Å². The fourth-order valence-corrected chi connectivity index (χ4v) is 7.83. The fourth-order valence-electron chi connectivity index (χ4n) is 5.49. The molecule has 0 aromatic heterocycles. The van der Waals surface area contributed by atoms with Crippen molar-refractivity contribution in [3.05, 3.63) is 73.8 Å². The number of nitrogens with zero attached hydrogens (tertiary/aromatic N) is 3. The predicted molar refractivity (Wildman–Crippen MR) is 135 cm³/mol. The van der Waals surface area contributed by atoms with Crippen LogP contribution in [0.15, 0.2) is 42.5 Å². The summed E-state index contributed by atoms with van der Waals surface area (Å²) in [5.74, 6) is -2.56. The molecule has 2 aliphatic carbocycles. The van der Waals surface area contributed by atoms with Gasteiger partial charge in [-0.05, 0) is 48.1 Å². The highest BCUT2D eigenvalue weighted by molar-refractivity contribution is 9.12. The number of amides is 3. The second-order valence-corrected chi connectivity index (χ2v) is 11.9. The standard InChI is InChI=1S/C23H17Br2Cl2N3O5/c24-19-14-8-15(20(19)25)18-17(14)22(32)29(23(18)33)28(9-11-1-4-12(26)7-16(11)27)21(31)10-2-5-13(6-3-10)30(34)35/h1-7,14-15,17-20H,8-9H2/t14-,15-,17-,18-,19+,20+/m1/s1. The Hall–Kier alpha value is -2.01. The molecule has 2 bridgehead atoms. The second kappa shape index (κ2) is 9.14. The molecular formula is C23H17Br2Cl2N3O5. The normalized spacial score (nSPS) is 29.0. The lowest BCUT2D eigenvalue weighted by Gasteiger charge is -2.31. The molecule has 2 saturated carbocycles. The molecular weight excluding hydrogens is 629 g/mol. The van der Waals surface area contributed by atoms with Crippen LogP contribution >= 0.6 is 55.1 Å². The first kappa shape index (κ1) is 24.7. The zero-order valence-electron chi connectivity index (χ0n) is 17.8. The van der Waals surface area contributed by atoms with E-state index in [9.17, 15) is 24.5 Å². The maximum absolute atomic E-state index is 13.6. The summed E-state index contributed by atoms with van der Waals surface area (Å²) in [6.07, 6.45) is 0.756. The molecule has 0 spiro atoms. The first-order valence-corrected chi connectivity index (χ1v) is 13.3. The third kappa shape index (κ3) is 3.98. The first-order chi connectivity index (χ1) is 16.6. The van der Waals surface area contributed by atoms with Crippen molar-refractivity contribution < 1.29 is 19.3 Å². The molecule has 6 atom stereocenters. The Morgan fingerprint density at radius 2 is 1.60 bits per heavy atom. The number of imide groups is 1. The van der Waals surface area contributed by atoms with E-state index < -0.39 is 34.5 Å². The van der Waals surface area contributed by atoms with Gasteiger partial charge in [-0.3, -0.25) is 24.5 Å². The van der Waals surface area contributed by atoms with Crippen LogP contribution in [-0.4, -0.2) is 42.3 Å². The number of carbonyl (C=O) groups is 3. The third-order valence-electron chi connectivity index (χ3n) is 7.10. The summed E-state index contributed by atoms with van der Waals surface area (Å²) in [7, 11) is 0. The number of alkyl halides is 2. The molecule has 3 aliphatic rings. The minimum Gasteiger partial charge on any atom is -0.272 e. The lowest BCUT2D eigenvalue weighted by molar-refractivity contribution is -0.384. The predicted octanol–water partition coefficient (Wildman–Crippen LogP) is 5.24. The molecule has 3 fully saturated rings. The number of halogens is 4. The molecule has 1 heterocycles. The topological polar surface area (TPSA) is 101 Å². The Balaban J connectivity index is 1.53. The molecule has 1 aliphatic heterocycles. The van der Waals surface area contributed by atoms with Gasteiger partial charge in [0.25, 0.3) is 23.4 Å². The average Bonchev–Trinajstić information content (AvgIpc) is 3.43. The first-order valence-electron chi connectivity index (χ1n) is 10.8. The summed E-state index contributed by atoms with van der Waals surface area (Å²) in [5, 5.41) is 13.7. The maximum atomic E-state index is 13.6. The lowest BCUT2D eigenvalue weighted by Crippen LogP contribution is -2.50. The molecule has 0 unspecified atom stereocenters. The van der Waals surface area contributed by atoms with Gasteiger partial charge >= 0.3 is 0 Å². The zero-order chi connectivity index (χ0) is 25.2. The van der Waals surface area contributed by atoms with Gasteiger partial charge in [0.15, 0.2) is 0 Å². The number of hydrogen-bond acceptors (Lipinski definition) is 5. The van der Waals surface area contributed by atoms with Gasteiger partial charge in [0.1, 0.15) is 0 Å². The van der Waals surface area contributed by atoms with Crippen molar-refractivity contribution in [3.63, 3.8) is 0 Å². The monoisotopic (exact) mass is 643 g/mol. The van der Waals surface area contributed by atoms with Gasteiger partial charge in [-0.25, -0.2) is 5.01 Å². The van der Waals surface area contributed by atoms with Crippen LogP contribution in [0.5, 0.6) is 0 Å². The van der Waals surface area contributed by atoms with Gasteiger partial charge in [-0.15, -0.1) is 0 Å². The maximum Gasteiger partial charge on any atom is 0.273 e. The van der Waals surface area contributed by atoms with Crippen LogP contribution in [0.25, 0.3) is 0 Å². The molecule has 0 N–H and O–H groups in total. The highest BCUT2D eigenvalue weighted by Crippen LogP contribution is 2.60. The van der Waals surface area contributed by atoms with Crippen molar-refractivity contribution in [1.82, 2.24) is 10.0 Å². The van der Waals surface area contributed by atoms with E-state index in [4.69, 9.17) is 23.2 Å². The number of hydrogen-bond donors (Lipinski definition) is 0. The van der Waals surface area contributed by atoms with Crippen LogP contribution in [0.1, 0.15) is 22.3 Å². The van der Waals surface area contributed by atoms with Crippen LogP contribution in [0, 0.1) is 33.8 Å². The van der Waals surface area contributed by atoms with E-state index in [1.807, 2.05) is 0 Å². The minimum absolute atomic E-state index is 0.0220. The molecule has 182 valence electrons. The van der Waals surface area contributed by atoms with Crippen molar-refractivity contribution in [2.45, 2.75) is 22.6 Å². The van der Waals surface area contributed by atoms with E-state index in [1.165, 1.54) is 30.3 Å². The summed E-state index contributed by atoms with van der Waals surface area (Å²) in [6, 6.07) is 9.75. The summed E-state index contributed by atoms with van der Waals surface area (Å²) < 4.78 is 0. The number of nitro benzene ring substituents is 1. The van der Waals surface area contributed by atoms with Crippen LogP contribution in [0.2, 0.25) is 10.0 Å². The molecule has 1 saturated heterocycles. The highest BCUT2D eigenvalue weighted by Gasteiger charge is 2.67. The second-order valence-electron chi connectivity index (χ2n) is 8.89. The molecule has 12 heteroatoms. The Kier molecular flexibility index (Phi) is 6.44.